The molecule has 0 saturated heterocycles. The fourth-order valence-corrected chi connectivity index (χ4v) is 1.60. The van der Waals surface area contributed by atoms with Crippen molar-refractivity contribution in [1.82, 2.24) is 15.3 Å². The van der Waals surface area contributed by atoms with Crippen LogP contribution < -0.4 is 10.1 Å². The molecule has 0 aliphatic rings. The second kappa shape index (κ2) is 5.50. The quantitative estimate of drug-likeness (QED) is 0.829. The molecule has 1 heterocycles. The molecule has 0 bridgehead atoms. The molecule has 1 aromatic carbocycles. The van der Waals surface area contributed by atoms with Gasteiger partial charge in [-0.3, -0.25) is 0 Å². The molecule has 0 radical (unpaired) electrons. The lowest BCUT2D eigenvalue weighted by atomic mass is 10.2. The van der Waals surface area contributed by atoms with Crippen LogP contribution in [0.25, 0.3) is 11.4 Å². The Labute approximate surface area is 101 Å². The van der Waals surface area contributed by atoms with Gasteiger partial charge in [-0.05, 0) is 30.8 Å². The average Bonchev–Trinajstić information content (AvgIpc) is 2.85. The first-order valence-electron chi connectivity index (χ1n) is 5.72. The fraction of sp³-hybridized carbons (Fsp3) is 0.308. The first-order chi connectivity index (χ1) is 8.33. The molecule has 1 aromatic heterocycles. The normalized spacial score (nSPS) is 10.5. The summed E-state index contributed by atoms with van der Waals surface area (Å²) in [6.45, 7) is 3.86. The van der Waals surface area contributed by atoms with Crippen molar-refractivity contribution in [2.24, 2.45) is 0 Å². The molecule has 0 aliphatic carbocycles. The van der Waals surface area contributed by atoms with Crippen molar-refractivity contribution >= 4 is 0 Å². The third-order valence-corrected chi connectivity index (χ3v) is 2.56. The summed E-state index contributed by atoms with van der Waals surface area (Å²) in [4.78, 5) is 7.65. The number of rotatable bonds is 5. The van der Waals surface area contributed by atoms with Crippen LogP contribution in [-0.2, 0) is 6.54 Å². The van der Waals surface area contributed by atoms with Crippen LogP contribution in [0.5, 0.6) is 5.75 Å². The standard InChI is InChI=1S/C13H17N3O/c1-3-14-8-11-9-15-13(16-11)10-4-6-12(17-2)7-5-10/h4-7,9,14H,3,8H2,1-2H3,(H,15,16). The van der Waals surface area contributed by atoms with Crippen LogP contribution in [-0.4, -0.2) is 23.6 Å². The van der Waals surface area contributed by atoms with Crippen LogP contribution in [0.15, 0.2) is 30.5 Å². The third-order valence-electron chi connectivity index (χ3n) is 2.56. The number of hydrogen-bond donors (Lipinski definition) is 2. The van der Waals surface area contributed by atoms with E-state index in [4.69, 9.17) is 4.74 Å². The third kappa shape index (κ3) is 2.85. The van der Waals surface area contributed by atoms with Gasteiger partial charge >= 0.3 is 0 Å². The number of H-pyrrole nitrogens is 1. The smallest absolute Gasteiger partial charge is 0.137 e. The molecule has 0 fully saturated rings. The van der Waals surface area contributed by atoms with Crippen LogP contribution in [0, 0.1) is 0 Å². The van der Waals surface area contributed by atoms with Crippen molar-refractivity contribution in [3.8, 4) is 17.1 Å². The van der Waals surface area contributed by atoms with Gasteiger partial charge in [-0.1, -0.05) is 6.92 Å². The van der Waals surface area contributed by atoms with Crippen LogP contribution in [0.4, 0.5) is 0 Å². The molecule has 17 heavy (non-hydrogen) atoms. The number of ether oxygens (including phenoxy) is 1. The molecule has 0 unspecified atom stereocenters. The van der Waals surface area contributed by atoms with Crippen molar-refractivity contribution in [3.05, 3.63) is 36.2 Å². The number of aromatic nitrogens is 2. The lowest BCUT2D eigenvalue weighted by Crippen LogP contribution is -2.11. The highest BCUT2D eigenvalue weighted by Gasteiger charge is 2.03. The topological polar surface area (TPSA) is 49.9 Å². The minimum atomic E-state index is 0.819. The number of nitrogens with zero attached hydrogens (tertiary/aromatic N) is 1. The van der Waals surface area contributed by atoms with Gasteiger partial charge in [0.15, 0.2) is 0 Å². The van der Waals surface area contributed by atoms with Crippen LogP contribution in [0.1, 0.15) is 12.6 Å². The van der Waals surface area contributed by atoms with E-state index < -0.39 is 0 Å². The van der Waals surface area contributed by atoms with E-state index in [9.17, 15) is 0 Å². The summed E-state index contributed by atoms with van der Waals surface area (Å²) in [7, 11) is 1.66. The largest absolute Gasteiger partial charge is 0.497 e. The number of aromatic amines is 1. The van der Waals surface area contributed by atoms with Gasteiger partial charge in [0.1, 0.15) is 11.6 Å². The van der Waals surface area contributed by atoms with Gasteiger partial charge < -0.3 is 15.0 Å². The fourth-order valence-electron chi connectivity index (χ4n) is 1.60. The zero-order valence-electron chi connectivity index (χ0n) is 10.2. The van der Waals surface area contributed by atoms with Gasteiger partial charge in [-0.15, -0.1) is 0 Å². The van der Waals surface area contributed by atoms with Crippen molar-refractivity contribution in [1.29, 1.82) is 0 Å². The Morgan fingerprint density at radius 1 is 1.29 bits per heavy atom. The molecule has 0 amide bonds. The average molecular weight is 231 g/mol. The van der Waals surface area contributed by atoms with E-state index in [1.54, 1.807) is 7.11 Å². The van der Waals surface area contributed by atoms with E-state index in [1.165, 1.54) is 0 Å². The molecule has 4 nitrogen and oxygen atoms in total. The van der Waals surface area contributed by atoms with Gasteiger partial charge in [0.2, 0.25) is 0 Å². The summed E-state index contributed by atoms with van der Waals surface area (Å²) >= 11 is 0. The monoisotopic (exact) mass is 231 g/mol. The first-order valence-corrected chi connectivity index (χ1v) is 5.72. The Bertz CT molecular complexity index is 462. The summed E-state index contributed by atoms with van der Waals surface area (Å²) in [5.41, 5.74) is 2.16. The molecule has 2 N–H and O–H groups in total. The van der Waals surface area contributed by atoms with E-state index in [-0.39, 0.29) is 0 Å². The number of imidazole rings is 1. The van der Waals surface area contributed by atoms with Crippen molar-refractivity contribution in [3.63, 3.8) is 0 Å². The van der Waals surface area contributed by atoms with Crippen LogP contribution in [0.2, 0.25) is 0 Å². The molecule has 4 heteroatoms. The predicted octanol–water partition coefficient (Wildman–Crippen LogP) is 2.19. The van der Waals surface area contributed by atoms with Crippen LogP contribution in [0.3, 0.4) is 0 Å². The Hall–Kier alpha value is -1.81. The number of methoxy groups -OCH3 is 1. The highest BCUT2D eigenvalue weighted by molar-refractivity contribution is 5.56. The van der Waals surface area contributed by atoms with Crippen molar-refractivity contribution < 1.29 is 4.74 Å². The maximum Gasteiger partial charge on any atom is 0.137 e. The molecule has 0 aliphatic heterocycles. The summed E-state index contributed by atoms with van der Waals surface area (Å²) in [5, 5.41) is 3.26. The summed E-state index contributed by atoms with van der Waals surface area (Å²) in [6.07, 6.45) is 1.86. The highest BCUT2D eigenvalue weighted by Crippen LogP contribution is 2.19. The zero-order valence-corrected chi connectivity index (χ0v) is 10.2. The van der Waals surface area contributed by atoms with E-state index in [1.807, 2.05) is 30.5 Å². The summed E-state index contributed by atoms with van der Waals surface area (Å²) in [5.74, 6) is 1.74. The number of nitrogens with one attached hydrogen (secondary N) is 2. The molecular weight excluding hydrogens is 214 g/mol. The summed E-state index contributed by atoms with van der Waals surface area (Å²) in [6, 6.07) is 7.85. The molecule has 0 saturated carbocycles. The van der Waals surface area contributed by atoms with Crippen molar-refractivity contribution in [2.75, 3.05) is 13.7 Å². The molecule has 2 rings (SSSR count). The minimum absolute atomic E-state index is 0.819. The number of hydrogen-bond acceptors (Lipinski definition) is 3. The molecule has 90 valence electrons. The minimum Gasteiger partial charge on any atom is -0.497 e. The molecule has 2 aromatic rings. The van der Waals surface area contributed by atoms with Gasteiger partial charge in [0.25, 0.3) is 0 Å². The first kappa shape index (κ1) is 11.7. The highest BCUT2D eigenvalue weighted by atomic mass is 16.5. The lowest BCUT2D eigenvalue weighted by Gasteiger charge is -2.01. The molecule has 0 atom stereocenters. The SMILES string of the molecule is CCNCc1cnc(-c2ccc(OC)cc2)[nH]1. The van der Waals surface area contributed by atoms with E-state index in [0.29, 0.717) is 0 Å². The summed E-state index contributed by atoms with van der Waals surface area (Å²) < 4.78 is 5.12. The predicted molar refractivity (Wildman–Crippen MR) is 68.0 cm³/mol. The maximum atomic E-state index is 5.12. The molecular formula is C13H17N3O. The second-order valence-electron chi connectivity index (χ2n) is 3.77. The van der Waals surface area contributed by atoms with Crippen LogP contribution >= 0.6 is 0 Å². The van der Waals surface area contributed by atoms with Gasteiger partial charge in [0.05, 0.1) is 7.11 Å². The Balaban J connectivity index is 2.12. The van der Waals surface area contributed by atoms with E-state index in [2.05, 4.69) is 22.2 Å². The lowest BCUT2D eigenvalue weighted by molar-refractivity contribution is 0.415. The Morgan fingerprint density at radius 3 is 2.71 bits per heavy atom. The second-order valence-corrected chi connectivity index (χ2v) is 3.77. The Kier molecular flexibility index (Phi) is 3.77. The maximum absolute atomic E-state index is 5.12. The zero-order chi connectivity index (χ0) is 12.1. The Morgan fingerprint density at radius 2 is 2.06 bits per heavy atom. The van der Waals surface area contributed by atoms with E-state index in [0.717, 1.165) is 35.9 Å². The van der Waals surface area contributed by atoms with Gasteiger partial charge in [-0.25, -0.2) is 4.98 Å². The van der Waals surface area contributed by atoms with Gasteiger partial charge in [-0.2, -0.15) is 0 Å². The number of benzene rings is 1. The molecule has 0 spiro atoms. The van der Waals surface area contributed by atoms with E-state index >= 15 is 0 Å². The van der Waals surface area contributed by atoms with Crippen molar-refractivity contribution in [2.45, 2.75) is 13.5 Å². The van der Waals surface area contributed by atoms with Gasteiger partial charge in [0, 0.05) is 24.0 Å².